The summed E-state index contributed by atoms with van der Waals surface area (Å²) in [5.41, 5.74) is 1.62. The van der Waals surface area contributed by atoms with Gasteiger partial charge in [0.15, 0.2) is 0 Å². The van der Waals surface area contributed by atoms with Crippen LogP contribution in [0.25, 0.3) is 0 Å². The van der Waals surface area contributed by atoms with Crippen molar-refractivity contribution in [3.05, 3.63) is 69.3 Å². The molecule has 1 amide bonds. The van der Waals surface area contributed by atoms with Gasteiger partial charge < -0.3 is 15.0 Å². The van der Waals surface area contributed by atoms with Crippen LogP contribution < -0.4 is 5.32 Å². The van der Waals surface area contributed by atoms with Crippen LogP contribution in [0, 0.1) is 10.1 Å². The smallest absolute Gasteiger partial charge is 0.344 e. The van der Waals surface area contributed by atoms with Crippen LogP contribution in [0.2, 0.25) is 0 Å². The molecular weight excluding hydrogens is 338 g/mol. The quantitative estimate of drug-likeness (QED) is 0.484. The molecular formula is C18H19N3O5. The molecule has 0 radical (unpaired) electrons. The van der Waals surface area contributed by atoms with Gasteiger partial charge in [-0.2, -0.15) is 0 Å². The lowest BCUT2D eigenvalue weighted by Gasteiger charge is -2.11. The highest BCUT2D eigenvalue weighted by Gasteiger charge is 2.21. The summed E-state index contributed by atoms with van der Waals surface area (Å²) in [7, 11) is 4.54. The van der Waals surface area contributed by atoms with Gasteiger partial charge in [-0.15, -0.1) is 0 Å². The van der Waals surface area contributed by atoms with Crippen molar-refractivity contribution in [2.24, 2.45) is 0 Å². The molecule has 8 heteroatoms. The number of anilines is 1. The number of hydrogen-bond donors (Lipinski definition) is 1. The third-order valence-electron chi connectivity index (χ3n) is 3.70. The van der Waals surface area contributed by atoms with E-state index in [0.29, 0.717) is 17.8 Å². The fourth-order valence-electron chi connectivity index (χ4n) is 2.31. The minimum absolute atomic E-state index is 0.0809. The van der Waals surface area contributed by atoms with E-state index in [2.05, 4.69) is 10.1 Å². The van der Waals surface area contributed by atoms with Gasteiger partial charge in [0.05, 0.1) is 12.0 Å². The highest BCUT2D eigenvalue weighted by molar-refractivity contribution is 5.95. The number of amides is 1. The molecule has 0 atom stereocenters. The van der Waals surface area contributed by atoms with E-state index in [1.54, 1.807) is 26.2 Å². The molecule has 0 spiro atoms. The van der Waals surface area contributed by atoms with Crippen molar-refractivity contribution >= 4 is 23.3 Å². The number of nitro benzene ring substituents is 1. The minimum Gasteiger partial charge on any atom is -0.465 e. The summed E-state index contributed by atoms with van der Waals surface area (Å²) in [5, 5.41) is 14.1. The van der Waals surface area contributed by atoms with Gasteiger partial charge in [-0.25, -0.2) is 4.79 Å². The molecule has 0 aliphatic rings. The SMILES string of the molecule is COC(=O)c1cc(NCc2ccc(C(=O)N(C)C)cc2)ccc1[N+](=O)[O-]. The van der Waals surface area contributed by atoms with Crippen molar-refractivity contribution < 1.29 is 19.2 Å². The lowest BCUT2D eigenvalue weighted by molar-refractivity contribution is -0.385. The molecule has 136 valence electrons. The zero-order valence-corrected chi connectivity index (χ0v) is 14.7. The Balaban J connectivity index is 2.13. The lowest BCUT2D eigenvalue weighted by Crippen LogP contribution is -2.21. The van der Waals surface area contributed by atoms with Crippen LogP contribution >= 0.6 is 0 Å². The second kappa shape index (κ2) is 8.11. The largest absolute Gasteiger partial charge is 0.465 e. The van der Waals surface area contributed by atoms with Crippen molar-refractivity contribution in [3.63, 3.8) is 0 Å². The number of nitrogens with one attached hydrogen (secondary N) is 1. The first-order chi connectivity index (χ1) is 12.3. The Hall–Kier alpha value is -3.42. The minimum atomic E-state index is -0.771. The maximum absolute atomic E-state index is 11.9. The Morgan fingerprint density at radius 3 is 2.35 bits per heavy atom. The second-order valence-corrected chi connectivity index (χ2v) is 5.73. The first-order valence-corrected chi connectivity index (χ1v) is 7.74. The van der Waals surface area contributed by atoms with E-state index < -0.39 is 10.9 Å². The van der Waals surface area contributed by atoms with Gasteiger partial charge in [0.2, 0.25) is 0 Å². The number of benzene rings is 2. The van der Waals surface area contributed by atoms with Crippen LogP contribution in [0.3, 0.4) is 0 Å². The predicted molar refractivity (Wildman–Crippen MR) is 96.2 cm³/mol. The third-order valence-corrected chi connectivity index (χ3v) is 3.70. The number of nitrogens with zero attached hydrogens (tertiary/aromatic N) is 2. The molecule has 8 nitrogen and oxygen atoms in total. The summed E-state index contributed by atoms with van der Waals surface area (Å²) >= 11 is 0. The number of methoxy groups -OCH3 is 1. The van der Waals surface area contributed by atoms with Crippen molar-refractivity contribution in [1.29, 1.82) is 0 Å². The maximum atomic E-state index is 11.9. The van der Waals surface area contributed by atoms with Gasteiger partial charge in [-0.1, -0.05) is 12.1 Å². The fraction of sp³-hybridized carbons (Fsp3) is 0.222. The van der Waals surface area contributed by atoms with Gasteiger partial charge in [0.25, 0.3) is 11.6 Å². The number of carbonyl (C=O) groups excluding carboxylic acids is 2. The average molecular weight is 357 g/mol. The first-order valence-electron chi connectivity index (χ1n) is 7.74. The molecule has 0 unspecified atom stereocenters. The van der Waals surface area contributed by atoms with Gasteiger partial charge >= 0.3 is 5.97 Å². The van der Waals surface area contributed by atoms with Gasteiger partial charge in [-0.3, -0.25) is 14.9 Å². The highest BCUT2D eigenvalue weighted by Crippen LogP contribution is 2.24. The maximum Gasteiger partial charge on any atom is 0.344 e. The van der Waals surface area contributed by atoms with E-state index in [-0.39, 0.29) is 17.2 Å². The van der Waals surface area contributed by atoms with Crippen LogP contribution in [0.1, 0.15) is 26.3 Å². The van der Waals surface area contributed by atoms with E-state index in [1.807, 2.05) is 12.1 Å². The molecule has 26 heavy (non-hydrogen) atoms. The van der Waals surface area contributed by atoms with E-state index in [4.69, 9.17) is 0 Å². The molecule has 0 fully saturated rings. The monoisotopic (exact) mass is 357 g/mol. The summed E-state index contributed by atoms with van der Waals surface area (Å²) in [6.45, 7) is 0.425. The first kappa shape index (κ1) is 18.9. The van der Waals surface area contributed by atoms with Crippen molar-refractivity contribution in [3.8, 4) is 0 Å². The van der Waals surface area contributed by atoms with Crippen LogP contribution in [0.4, 0.5) is 11.4 Å². The Kier molecular flexibility index (Phi) is 5.90. The van der Waals surface area contributed by atoms with Crippen LogP contribution in [0.5, 0.6) is 0 Å². The standard InChI is InChI=1S/C18H19N3O5/c1-20(2)17(22)13-6-4-12(5-7-13)11-19-14-8-9-16(21(24)25)15(10-14)18(23)26-3/h4-10,19H,11H2,1-3H3. The number of esters is 1. The van der Waals surface area contributed by atoms with Crippen molar-refractivity contribution in [2.45, 2.75) is 6.54 Å². The van der Waals surface area contributed by atoms with E-state index in [1.165, 1.54) is 30.2 Å². The molecule has 1 N–H and O–H groups in total. The molecule has 0 saturated carbocycles. The summed E-state index contributed by atoms with van der Waals surface area (Å²) < 4.78 is 4.59. The van der Waals surface area contributed by atoms with Crippen molar-refractivity contribution in [2.75, 3.05) is 26.5 Å². The molecule has 0 heterocycles. The number of nitro groups is 1. The average Bonchev–Trinajstić information content (AvgIpc) is 2.65. The molecule has 0 aromatic heterocycles. The Bertz CT molecular complexity index is 831. The Morgan fingerprint density at radius 2 is 1.81 bits per heavy atom. The van der Waals surface area contributed by atoms with Gasteiger partial charge in [0.1, 0.15) is 5.56 Å². The highest BCUT2D eigenvalue weighted by atomic mass is 16.6. The van der Waals surface area contributed by atoms with Crippen LogP contribution in [-0.4, -0.2) is 42.9 Å². The summed E-state index contributed by atoms with van der Waals surface area (Å²) in [6, 6.07) is 11.3. The van der Waals surface area contributed by atoms with E-state index in [9.17, 15) is 19.7 Å². The van der Waals surface area contributed by atoms with Crippen LogP contribution in [0.15, 0.2) is 42.5 Å². The van der Waals surface area contributed by atoms with Crippen LogP contribution in [-0.2, 0) is 11.3 Å². The molecule has 2 aromatic carbocycles. The van der Waals surface area contributed by atoms with E-state index in [0.717, 1.165) is 5.56 Å². The number of ether oxygens (including phenoxy) is 1. The predicted octanol–water partition coefficient (Wildman–Crippen LogP) is 2.70. The molecule has 0 saturated heterocycles. The van der Waals surface area contributed by atoms with Gasteiger partial charge in [0, 0.05) is 38.0 Å². The number of hydrogen-bond acceptors (Lipinski definition) is 6. The number of rotatable bonds is 6. The van der Waals surface area contributed by atoms with E-state index >= 15 is 0 Å². The number of carbonyl (C=O) groups is 2. The lowest BCUT2D eigenvalue weighted by atomic mass is 10.1. The topological polar surface area (TPSA) is 102 Å². The van der Waals surface area contributed by atoms with Crippen molar-refractivity contribution in [1.82, 2.24) is 4.90 Å². The third kappa shape index (κ3) is 4.35. The Morgan fingerprint density at radius 1 is 1.15 bits per heavy atom. The fourth-order valence-corrected chi connectivity index (χ4v) is 2.31. The molecule has 0 aliphatic heterocycles. The molecule has 2 rings (SSSR count). The normalized spacial score (nSPS) is 10.1. The molecule has 0 aliphatic carbocycles. The zero-order chi connectivity index (χ0) is 19.3. The molecule has 2 aromatic rings. The van der Waals surface area contributed by atoms with Gasteiger partial charge in [-0.05, 0) is 29.8 Å². The summed E-state index contributed by atoms with van der Waals surface area (Å²) in [6.07, 6.45) is 0. The summed E-state index contributed by atoms with van der Waals surface area (Å²) in [5.74, 6) is -0.852. The zero-order valence-electron chi connectivity index (χ0n) is 14.7. The second-order valence-electron chi connectivity index (χ2n) is 5.73. The molecule has 0 bridgehead atoms. The summed E-state index contributed by atoms with van der Waals surface area (Å²) in [4.78, 5) is 35.5. The Labute approximate surface area is 150 Å².